The van der Waals surface area contributed by atoms with Crippen molar-refractivity contribution in [3.63, 3.8) is 0 Å². The molecule has 1 saturated carbocycles. The van der Waals surface area contributed by atoms with Gasteiger partial charge in [0.05, 0.1) is 17.9 Å². The van der Waals surface area contributed by atoms with Crippen LogP contribution >= 0.6 is 0 Å². The summed E-state index contributed by atoms with van der Waals surface area (Å²) in [4.78, 5) is 22.7. The molecule has 3 atom stereocenters. The molecule has 1 aliphatic heterocycles. The lowest BCUT2D eigenvalue weighted by molar-refractivity contribution is -0.140. The van der Waals surface area contributed by atoms with E-state index in [9.17, 15) is 9.59 Å². The number of carboxylic acids is 1. The maximum absolute atomic E-state index is 12.0. The van der Waals surface area contributed by atoms with E-state index in [0.29, 0.717) is 31.1 Å². The number of amides is 1. The van der Waals surface area contributed by atoms with Gasteiger partial charge in [-0.2, -0.15) is 0 Å². The van der Waals surface area contributed by atoms with Gasteiger partial charge >= 0.3 is 5.97 Å². The predicted molar refractivity (Wildman–Crippen MR) is 73.2 cm³/mol. The number of carbonyl (C=O) groups excluding carboxylic acids is 1. The average Bonchev–Trinajstić information content (AvgIpc) is 3.27. The lowest BCUT2D eigenvalue weighted by Crippen LogP contribution is -2.29. The molecule has 0 saturated heterocycles. The highest BCUT2D eigenvalue weighted by molar-refractivity contribution is 5.89. The molecule has 2 N–H and O–H groups in total. The van der Waals surface area contributed by atoms with Crippen LogP contribution in [-0.4, -0.2) is 30.2 Å². The molecule has 3 rings (SSSR count). The molecule has 0 unspecified atom stereocenters. The molecule has 6 heteroatoms. The molecule has 0 radical (unpaired) electrons. The van der Waals surface area contributed by atoms with E-state index in [1.54, 1.807) is 0 Å². The number of carbonyl (C=O) groups is 2. The molecular weight excluding hydrogens is 274 g/mol. The Bertz CT molecular complexity index is 585. The van der Waals surface area contributed by atoms with Crippen LogP contribution in [0.15, 0.2) is 18.2 Å². The molecule has 0 aromatic heterocycles. The van der Waals surface area contributed by atoms with Crippen LogP contribution in [0.5, 0.6) is 11.5 Å². The molecule has 0 bridgehead atoms. The lowest BCUT2D eigenvalue weighted by Gasteiger charge is -2.21. The highest BCUT2D eigenvalue weighted by Crippen LogP contribution is 2.39. The third kappa shape index (κ3) is 2.79. The van der Waals surface area contributed by atoms with Gasteiger partial charge in [-0.1, -0.05) is 6.07 Å². The standard InChI is InChI=1S/C15H17NO5/c1-8(16-14(17)10-7-11(10)15(18)19)9-2-3-12-13(6-9)21-5-4-20-12/h2-3,6,8,10-11H,4-5,7H2,1H3,(H,16,17)(H,18,19)/t8-,10-,11-/m0/s1. The van der Waals surface area contributed by atoms with Crippen molar-refractivity contribution in [3.05, 3.63) is 23.8 Å². The maximum Gasteiger partial charge on any atom is 0.307 e. The molecule has 112 valence electrons. The van der Waals surface area contributed by atoms with Gasteiger partial charge in [-0.3, -0.25) is 9.59 Å². The molecule has 0 spiro atoms. The Hall–Kier alpha value is -2.24. The minimum Gasteiger partial charge on any atom is -0.486 e. The zero-order valence-electron chi connectivity index (χ0n) is 11.7. The number of benzene rings is 1. The van der Waals surface area contributed by atoms with Crippen molar-refractivity contribution in [2.75, 3.05) is 13.2 Å². The number of hydrogen-bond acceptors (Lipinski definition) is 4. The molecule has 1 amide bonds. The number of nitrogens with one attached hydrogen (secondary N) is 1. The van der Waals surface area contributed by atoms with Crippen molar-refractivity contribution in [2.45, 2.75) is 19.4 Å². The van der Waals surface area contributed by atoms with Crippen LogP contribution in [0.4, 0.5) is 0 Å². The number of fused-ring (bicyclic) bond motifs is 1. The fourth-order valence-electron chi connectivity index (χ4n) is 2.49. The first kappa shape index (κ1) is 13.7. The molecule has 1 aliphatic carbocycles. The molecule has 1 aromatic carbocycles. The van der Waals surface area contributed by atoms with Crippen molar-refractivity contribution in [3.8, 4) is 11.5 Å². The van der Waals surface area contributed by atoms with E-state index in [-0.39, 0.29) is 11.9 Å². The quantitative estimate of drug-likeness (QED) is 0.875. The first-order valence-electron chi connectivity index (χ1n) is 6.99. The zero-order valence-corrected chi connectivity index (χ0v) is 11.7. The fourth-order valence-corrected chi connectivity index (χ4v) is 2.49. The van der Waals surface area contributed by atoms with Gasteiger partial charge in [0.1, 0.15) is 13.2 Å². The van der Waals surface area contributed by atoms with E-state index >= 15 is 0 Å². The Morgan fingerprint density at radius 3 is 2.62 bits per heavy atom. The zero-order chi connectivity index (χ0) is 15.0. The normalized spacial score (nSPS) is 24.0. The van der Waals surface area contributed by atoms with Gasteiger partial charge in [0, 0.05) is 0 Å². The molecule has 1 fully saturated rings. The van der Waals surface area contributed by atoms with E-state index in [2.05, 4.69) is 5.32 Å². The van der Waals surface area contributed by atoms with Crippen molar-refractivity contribution in [1.29, 1.82) is 0 Å². The minimum absolute atomic E-state index is 0.204. The number of ether oxygens (including phenoxy) is 2. The molecule has 1 aromatic rings. The van der Waals surface area contributed by atoms with Gasteiger partial charge in [0.25, 0.3) is 0 Å². The SMILES string of the molecule is C[C@H](NC(=O)[C@H]1C[C@@H]1C(=O)O)c1ccc2c(c1)OCCO2. The first-order chi connectivity index (χ1) is 10.1. The smallest absolute Gasteiger partial charge is 0.307 e. The summed E-state index contributed by atoms with van der Waals surface area (Å²) in [6, 6.07) is 5.34. The number of rotatable bonds is 4. The van der Waals surface area contributed by atoms with Gasteiger partial charge in [0.15, 0.2) is 11.5 Å². The molecule has 21 heavy (non-hydrogen) atoms. The third-order valence-corrected chi connectivity index (χ3v) is 3.87. The van der Waals surface area contributed by atoms with Crippen LogP contribution in [0.3, 0.4) is 0 Å². The summed E-state index contributed by atoms with van der Waals surface area (Å²) in [5.41, 5.74) is 0.903. The Labute approximate surface area is 122 Å². The molecular formula is C15H17NO5. The Morgan fingerprint density at radius 2 is 1.95 bits per heavy atom. The van der Waals surface area contributed by atoms with Gasteiger partial charge < -0.3 is 19.9 Å². The number of carboxylic acid groups (broad SMARTS) is 1. The minimum atomic E-state index is -0.901. The summed E-state index contributed by atoms with van der Waals surface area (Å²) in [7, 11) is 0. The Balaban J connectivity index is 1.64. The van der Waals surface area contributed by atoms with Crippen LogP contribution in [0.25, 0.3) is 0 Å². The summed E-state index contributed by atoms with van der Waals surface area (Å²) in [6.07, 6.45) is 0.426. The van der Waals surface area contributed by atoms with Crippen LogP contribution < -0.4 is 14.8 Å². The second-order valence-electron chi connectivity index (χ2n) is 5.42. The van der Waals surface area contributed by atoms with Crippen LogP contribution in [0, 0.1) is 11.8 Å². The topological polar surface area (TPSA) is 84.9 Å². The van der Waals surface area contributed by atoms with Crippen LogP contribution in [-0.2, 0) is 9.59 Å². The van der Waals surface area contributed by atoms with Crippen LogP contribution in [0.2, 0.25) is 0 Å². The third-order valence-electron chi connectivity index (χ3n) is 3.87. The summed E-state index contributed by atoms with van der Waals surface area (Å²) >= 11 is 0. The number of hydrogen-bond donors (Lipinski definition) is 2. The Kier molecular flexibility index (Phi) is 3.45. The highest BCUT2D eigenvalue weighted by atomic mass is 16.6. The van der Waals surface area contributed by atoms with Gasteiger partial charge in [-0.15, -0.1) is 0 Å². The van der Waals surface area contributed by atoms with Gasteiger partial charge in [0.2, 0.25) is 5.91 Å². The summed E-state index contributed by atoms with van der Waals surface area (Å²) in [5.74, 6) is -0.655. The predicted octanol–water partition coefficient (Wildman–Crippen LogP) is 1.36. The molecule has 1 heterocycles. The highest BCUT2D eigenvalue weighted by Gasteiger charge is 2.48. The Morgan fingerprint density at radius 1 is 1.24 bits per heavy atom. The van der Waals surface area contributed by atoms with Crippen molar-refractivity contribution in [1.82, 2.24) is 5.32 Å². The van der Waals surface area contributed by atoms with E-state index in [1.165, 1.54) is 0 Å². The fraction of sp³-hybridized carbons (Fsp3) is 0.467. The van der Waals surface area contributed by atoms with Gasteiger partial charge in [-0.25, -0.2) is 0 Å². The molecule has 6 nitrogen and oxygen atoms in total. The van der Waals surface area contributed by atoms with E-state index < -0.39 is 17.8 Å². The molecule has 2 aliphatic rings. The summed E-state index contributed by atoms with van der Waals surface area (Å²) in [5, 5.41) is 11.7. The average molecular weight is 291 g/mol. The van der Waals surface area contributed by atoms with E-state index in [0.717, 1.165) is 5.56 Å². The van der Waals surface area contributed by atoms with Crippen LogP contribution in [0.1, 0.15) is 24.9 Å². The van der Waals surface area contributed by atoms with Crippen molar-refractivity contribution < 1.29 is 24.2 Å². The van der Waals surface area contributed by atoms with Crippen molar-refractivity contribution in [2.24, 2.45) is 11.8 Å². The summed E-state index contributed by atoms with van der Waals surface area (Å²) in [6.45, 7) is 2.91. The second-order valence-corrected chi connectivity index (χ2v) is 5.42. The summed E-state index contributed by atoms with van der Waals surface area (Å²) < 4.78 is 11.0. The van der Waals surface area contributed by atoms with Crippen molar-refractivity contribution >= 4 is 11.9 Å². The maximum atomic E-state index is 12.0. The van der Waals surface area contributed by atoms with Gasteiger partial charge in [-0.05, 0) is 31.0 Å². The van der Waals surface area contributed by atoms with E-state index in [1.807, 2.05) is 25.1 Å². The largest absolute Gasteiger partial charge is 0.486 e. The monoisotopic (exact) mass is 291 g/mol. The number of aliphatic carboxylic acids is 1. The van der Waals surface area contributed by atoms with E-state index in [4.69, 9.17) is 14.6 Å². The first-order valence-corrected chi connectivity index (χ1v) is 6.99. The lowest BCUT2D eigenvalue weighted by atomic mass is 10.1. The second kappa shape index (κ2) is 5.27.